The molecule has 0 bridgehead atoms. The van der Waals surface area contributed by atoms with E-state index >= 15 is 0 Å². The van der Waals surface area contributed by atoms with Gasteiger partial charge in [0.15, 0.2) is 0 Å². The van der Waals surface area contributed by atoms with Crippen LogP contribution in [0.3, 0.4) is 0 Å². The van der Waals surface area contributed by atoms with Crippen molar-refractivity contribution in [3.63, 3.8) is 0 Å². The standard InChI is InChI=1S/C5H10AsN/c1-6(2)4-3-5-7/h3-4H2,1-2H3. The first-order valence-corrected chi connectivity index (χ1v) is 7.37. The molecule has 0 fully saturated rings. The van der Waals surface area contributed by atoms with Gasteiger partial charge in [0.05, 0.1) is 0 Å². The summed E-state index contributed by atoms with van der Waals surface area (Å²) in [6.07, 6.45) is 0.771. The molecular weight excluding hydrogens is 149 g/mol. The van der Waals surface area contributed by atoms with Crippen LogP contribution in [-0.4, -0.2) is 14.7 Å². The van der Waals surface area contributed by atoms with Crippen molar-refractivity contribution in [1.82, 2.24) is 0 Å². The number of nitriles is 1. The average molecular weight is 159 g/mol. The van der Waals surface area contributed by atoms with Gasteiger partial charge in [-0.2, -0.15) is 0 Å². The fraction of sp³-hybridized carbons (Fsp3) is 0.800. The normalized spacial score (nSPS) is 8.86. The van der Waals surface area contributed by atoms with Gasteiger partial charge in [-0.1, -0.05) is 0 Å². The van der Waals surface area contributed by atoms with Crippen LogP contribution >= 0.6 is 0 Å². The van der Waals surface area contributed by atoms with Crippen LogP contribution in [0, 0.1) is 11.3 Å². The third-order valence-corrected chi connectivity index (χ3v) is 3.02. The van der Waals surface area contributed by atoms with Crippen LogP contribution in [0.1, 0.15) is 6.42 Å². The third kappa shape index (κ3) is 6.05. The Morgan fingerprint density at radius 1 is 1.57 bits per heavy atom. The van der Waals surface area contributed by atoms with E-state index in [9.17, 15) is 0 Å². The van der Waals surface area contributed by atoms with Crippen LogP contribution in [0.4, 0.5) is 0 Å². The van der Waals surface area contributed by atoms with E-state index < -0.39 is 14.7 Å². The zero-order valence-corrected chi connectivity index (χ0v) is 6.69. The molecule has 0 unspecified atom stereocenters. The Morgan fingerprint density at radius 2 is 2.14 bits per heavy atom. The van der Waals surface area contributed by atoms with Crippen molar-refractivity contribution >= 4 is 14.7 Å². The van der Waals surface area contributed by atoms with Crippen LogP contribution in [0.5, 0.6) is 0 Å². The zero-order valence-electron chi connectivity index (χ0n) is 4.81. The third-order valence-electron chi connectivity index (χ3n) is 0.671. The van der Waals surface area contributed by atoms with Gasteiger partial charge in [0.1, 0.15) is 0 Å². The van der Waals surface area contributed by atoms with Crippen LogP contribution in [0.2, 0.25) is 16.6 Å². The Labute approximate surface area is 49.6 Å². The number of hydrogen-bond donors (Lipinski definition) is 0. The van der Waals surface area contributed by atoms with Crippen molar-refractivity contribution in [2.24, 2.45) is 0 Å². The van der Waals surface area contributed by atoms with Crippen LogP contribution in [-0.2, 0) is 0 Å². The monoisotopic (exact) mass is 159 g/mol. The maximum atomic E-state index is 8.09. The molecule has 0 aromatic rings. The molecule has 0 aliphatic rings. The van der Waals surface area contributed by atoms with Gasteiger partial charge in [-0.3, -0.25) is 0 Å². The van der Waals surface area contributed by atoms with Crippen LogP contribution in [0.25, 0.3) is 0 Å². The second-order valence-electron chi connectivity index (χ2n) is 1.71. The van der Waals surface area contributed by atoms with Crippen molar-refractivity contribution in [3.8, 4) is 6.07 Å². The maximum absolute atomic E-state index is 8.09. The van der Waals surface area contributed by atoms with Gasteiger partial charge in [0.25, 0.3) is 0 Å². The topological polar surface area (TPSA) is 23.8 Å². The Balaban J connectivity index is 2.86. The molecule has 0 amide bonds. The van der Waals surface area contributed by atoms with Gasteiger partial charge in [-0.15, -0.1) is 0 Å². The number of rotatable bonds is 2. The molecule has 0 aromatic carbocycles. The quantitative estimate of drug-likeness (QED) is 0.562. The van der Waals surface area contributed by atoms with E-state index in [4.69, 9.17) is 5.26 Å². The summed E-state index contributed by atoms with van der Waals surface area (Å²) in [5, 5.41) is 9.27. The molecule has 0 heterocycles. The fourth-order valence-electron chi connectivity index (χ4n) is 0.274. The molecule has 40 valence electrons. The molecule has 0 N–H and O–H groups in total. The predicted octanol–water partition coefficient (Wildman–Crippen LogP) is 1.65. The van der Waals surface area contributed by atoms with E-state index in [-0.39, 0.29) is 0 Å². The first-order valence-electron chi connectivity index (χ1n) is 2.29. The van der Waals surface area contributed by atoms with E-state index in [0.29, 0.717) is 0 Å². The Bertz CT molecular complexity index is 72.6. The van der Waals surface area contributed by atoms with Crippen molar-refractivity contribution in [2.75, 3.05) is 0 Å². The first-order chi connectivity index (χ1) is 3.27. The van der Waals surface area contributed by atoms with Gasteiger partial charge in [-0.25, -0.2) is 0 Å². The van der Waals surface area contributed by atoms with Crippen molar-refractivity contribution in [1.29, 1.82) is 5.26 Å². The van der Waals surface area contributed by atoms with E-state index in [1.165, 1.54) is 5.21 Å². The fourth-order valence-corrected chi connectivity index (χ4v) is 1.42. The van der Waals surface area contributed by atoms with E-state index in [2.05, 4.69) is 17.5 Å². The molecule has 0 saturated carbocycles. The summed E-state index contributed by atoms with van der Waals surface area (Å²) in [6.45, 7) is 0. The Kier molecular flexibility index (Phi) is 4.24. The summed E-state index contributed by atoms with van der Waals surface area (Å²) in [7, 11) is 0. The van der Waals surface area contributed by atoms with Gasteiger partial charge >= 0.3 is 49.0 Å². The molecule has 2 heteroatoms. The Morgan fingerprint density at radius 3 is 2.29 bits per heavy atom. The minimum atomic E-state index is -0.465. The van der Waals surface area contributed by atoms with Crippen molar-refractivity contribution in [3.05, 3.63) is 0 Å². The summed E-state index contributed by atoms with van der Waals surface area (Å²) in [5.74, 6) is 0. The van der Waals surface area contributed by atoms with Gasteiger partial charge < -0.3 is 0 Å². The molecule has 0 rings (SSSR count). The SMILES string of the molecule is C[As](C)CCC#N. The summed E-state index contributed by atoms with van der Waals surface area (Å²) >= 11 is -0.465. The average Bonchev–Trinajstić information content (AvgIpc) is 1.61. The molecule has 0 atom stereocenters. The van der Waals surface area contributed by atoms with Gasteiger partial charge in [0, 0.05) is 0 Å². The van der Waals surface area contributed by atoms with Gasteiger partial charge in [0.2, 0.25) is 0 Å². The summed E-state index contributed by atoms with van der Waals surface area (Å²) in [4.78, 5) is 0. The molecule has 0 aliphatic carbocycles. The van der Waals surface area contributed by atoms with Crippen molar-refractivity contribution < 1.29 is 0 Å². The molecular formula is C5H10AsN. The van der Waals surface area contributed by atoms with E-state index in [0.717, 1.165) is 6.42 Å². The van der Waals surface area contributed by atoms with Gasteiger partial charge in [-0.05, 0) is 0 Å². The summed E-state index contributed by atoms with van der Waals surface area (Å²) < 4.78 is 0. The summed E-state index contributed by atoms with van der Waals surface area (Å²) in [6, 6.07) is 2.14. The van der Waals surface area contributed by atoms with E-state index in [1.807, 2.05) is 0 Å². The van der Waals surface area contributed by atoms with Crippen LogP contribution in [0.15, 0.2) is 0 Å². The second-order valence-corrected chi connectivity index (χ2v) is 7.18. The molecule has 7 heavy (non-hydrogen) atoms. The minimum absolute atomic E-state index is 0.465. The second kappa shape index (κ2) is 4.21. The number of hydrogen-bond acceptors (Lipinski definition) is 1. The molecule has 1 nitrogen and oxygen atoms in total. The molecule has 0 saturated heterocycles. The zero-order chi connectivity index (χ0) is 5.70. The summed E-state index contributed by atoms with van der Waals surface area (Å²) in [5.41, 5.74) is 4.54. The predicted molar refractivity (Wildman–Crippen MR) is 32.5 cm³/mol. The Hall–Kier alpha value is 0.0484. The first kappa shape index (κ1) is 7.05. The molecule has 0 spiro atoms. The molecule has 0 aromatic heterocycles. The van der Waals surface area contributed by atoms with Crippen molar-refractivity contribution in [2.45, 2.75) is 23.1 Å². The molecule has 0 aliphatic heterocycles. The molecule has 0 radical (unpaired) electrons. The number of nitrogens with zero attached hydrogens (tertiary/aromatic N) is 1. The van der Waals surface area contributed by atoms with Crippen LogP contribution < -0.4 is 0 Å². The van der Waals surface area contributed by atoms with E-state index in [1.54, 1.807) is 0 Å².